The van der Waals surface area contributed by atoms with Crippen molar-refractivity contribution in [3.8, 4) is 0 Å². The molecule has 3 heterocycles. The number of ether oxygens (including phenoxy) is 4. The molecule has 0 fully saturated rings. The zero-order valence-electron chi connectivity index (χ0n) is 23.8. The minimum Gasteiger partial charge on any atom is -0.461 e. The average molecular weight is 541 g/mol. The summed E-state index contributed by atoms with van der Waals surface area (Å²) in [6, 6.07) is 0. The molecule has 1 N–H and O–H groups in total. The number of fused-ring (bicyclic) bond motifs is 3. The van der Waals surface area contributed by atoms with E-state index >= 15 is 0 Å². The first-order valence-electron chi connectivity index (χ1n) is 13.4. The fraction of sp³-hybridized carbons (Fsp3) is 0.567. The van der Waals surface area contributed by atoms with Crippen LogP contribution >= 0.6 is 0 Å². The number of allylic oxidation sites excluding steroid dienone is 2. The van der Waals surface area contributed by atoms with Crippen LogP contribution in [0.15, 0.2) is 54.6 Å². The fourth-order valence-electron chi connectivity index (χ4n) is 5.92. The molecule has 0 saturated carbocycles. The summed E-state index contributed by atoms with van der Waals surface area (Å²) in [6.07, 6.45) is 15.5. The van der Waals surface area contributed by atoms with Gasteiger partial charge in [-0.25, -0.2) is 9.78 Å². The lowest BCUT2D eigenvalue weighted by atomic mass is 9.63. The SMILES string of the molecule is CO[C@]12C=C[C@](C)(O1)[C@@H](OC(=O)/C=C/c1cn(C)cn1)C[C@@H]1[C@H](C=C2COC(C)=O)[C@@H](C(C)C)C=C[C@@]1(C)O. The van der Waals surface area contributed by atoms with Crippen molar-refractivity contribution in [2.75, 3.05) is 13.7 Å². The molecule has 1 aromatic heterocycles. The summed E-state index contributed by atoms with van der Waals surface area (Å²) in [4.78, 5) is 29.1. The van der Waals surface area contributed by atoms with E-state index in [0.29, 0.717) is 17.7 Å². The van der Waals surface area contributed by atoms with Crippen molar-refractivity contribution in [1.29, 1.82) is 0 Å². The summed E-state index contributed by atoms with van der Waals surface area (Å²) < 4.78 is 25.8. The van der Waals surface area contributed by atoms with Gasteiger partial charge in [0.15, 0.2) is 0 Å². The van der Waals surface area contributed by atoms with Crippen LogP contribution in [0.1, 0.15) is 46.7 Å². The Morgan fingerprint density at radius 2 is 2.03 bits per heavy atom. The quantitative estimate of drug-likeness (QED) is 0.316. The van der Waals surface area contributed by atoms with E-state index in [0.717, 1.165) is 0 Å². The van der Waals surface area contributed by atoms with Crippen molar-refractivity contribution >= 4 is 18.0 Å². The van der Waals surface area contributed by atoms with Crippen LogP contribution in [0.4, 0.5) is 0 Å². The number of hydrogen-bond donors (Lipinski definition) is 1. The minimum absolute atomic E-state index is 0.0409. The zero-order chi connectivity index (χ0) is 28.6. The molecule has 0 spiro atoms. The third-order valence-corrected chi connectivity index (χ3v) is 8.15. The molecule has 0 radical (unpaired) electrons. The van der Waals surface area contributed by atoms with Gasteiger partial charge in [0.25, 0.3) is 0 Å². The number of aryl methyl sites for hydroxylation is 1. The highest BCUT2D eigenvalue weighted by Gasteiger charge is 2.55. The summed E-state index contributed by atoms with van der Waals surface area (Å²) in [7, 11) is 3.38. The van der Waals surface area contributed by atoms with Gasteiger partial charge in [0, 0.05) is 44.8 Å². The Bertz CT molecular complexity index is 1210. The third kappa shape index (κ3) is 5.95. The Morgan fingerprint density at radius 1 is 1.28 bits per heavy atom. The van der Waals surface area contributed by atoms with Crippen LogP contribution in [-0.4, -0.2) is 63.4 Å². The van der Waals surface area contributed by atoms with Crippen molar-refractivity contribution < 1.29 is 33.6 Å². The Morgan fingerprint density at radius 3 is 2.64 bits per heavy atom. The number of esters is 2. The van der Waals surface area contributed by atoms with Gasteiger partial charge < -0.3 is 28.6 Å². The first-order chi connectivity index (χ1) is 18.3. The molecular weight excluding hydrogens is 500 g/mol. The van der Waals surface area contributed by atoms with E-state index in [2.05, 4.69) is 24.9 Å². The van der Waals surface area contributed by atoms with Crippen LogP contribution in [0.2, 0.25) is 0 Å². The van der Waals surface area contributed by atoms with Crippen LogP contribution in [0.25, 0.3) is 6.08 Å². The standard InChI is InChI=1S/C30H40N2O7/c1-19(2)23-10-11-28(4,35)25-15-26(38-27(34)9-8-22-16-32(6)18-31-22)29(5)12-13-30(36-7,39-29)21(14-24(23)25)17-37-20(3)33/h8-14,16,18-19,23-26,35H,15,17H2,1-7H3/b9-8+,21-14?/t23-,24-,25-,26+,28-,29+,30-/m1/s1. The first kappa shape index (κ1) is 29.0. The lowest BCUT2D eigenvalue weighted by Gasteiger charge is -2.45. The molecule has 1 aliphatic carbocycles. The number of aromatic nitrogens is 2. The van der Waals surface area contributed by atoms with Gasteiger partial charge in [-0.1, -0.05) is 32.1 Å². The van der Waals surface area contributed by atoms with Crippen LogP contribution in [0.5, 0.6) is 0 Å². The van der Waals surface area contributed by atoms with E-state index in [4.69, 9.17) is 18.9 Å². The highest BCUT2D eigenvalue weighted by molar-refractivity contribution is 5.86. The highest BCUT2D eigenvalue weighted by Crippen LogP contribution is 2.50. The molecule has 2 aliphatic heterocycles. The predicted octanol–water partition coefficient (Wildman–Crippen LogP) is 3.75. The van der Waals surface area contributed by atoms with E-state index in [1.54, 1.807) is 36.2 Å². The lowest BCUT2D eigenvalue weighted by molar-refractivity contribution is -0.229. The lowest BCUT2D eigenvalue weighted by Crippen LogP contribution is -2.50. The van der Waals surface area contributed by atoms with Crippen molar-refractivity contribution in [2.45, 2.75) is 64.1 Å². The second-order valence-corrected chi connectivity index (χ2v) is 11.5. The van der Waals surface area contributed by atoms with Crippen molar-refractivity contribution in [1.82, 2.24) is 9.55 Å². The number of rotatable bonds is 7. The second kappa shape index (κ2) is 10.9. The van der Waals surface area contributed by atoms with E-state index in [1.165, 1.54) is 20.1 Å². The number of carbonyl (C=O) groups is 2. The predicted molar refractivity (Wildman–Crippen MR) is 145 cm³/mol. The maximum atomic E-state index is 13.1. The van der Waals surface area contributed by atoms with Crippen LogP contribution in [0.3, 0.4) is 0 Å². The topological polar surface area (TPSA) is 109 Å². The fourth-order valence-corrected chi connectivity index (χ4v) is 5.92. The van der Waals surface area contributed by atoms with Crippen LogP contribution in [-0.2, 0) is 35.6 Å². The maximum Gasteiger partial charge on any atom is 0.331 e. The number of imidazole rings is 1. The molecule has 3 aliphatic rings. The van der Waals surface area contributed by atoms with Gasteiger partial charge in [-0.15, -0.1) is 0 Å². The molecular formula is C30H40N2O7. The minimum atomic E-state index is -1.33. The Hall–Kier alpha value is -3.01. The monoisotopic (exact) mass is 540 g/mol. The number of carbonyl (C=O) groups excluding carboxylic acids is 2. The van der Waals surface area contributed by atoms with Crippen molar-refractivity contribution in [3.05, 3.63) is 60.2 Å². The highest BCUT2D eigenvalue weighted by atomic mass is 16.7. The summed E-state index contributed by atoms with van der Waals surface area (Å²) in [5.74, 6) is -2.48. The first-order valence-corrected chi connectivity index (χ1v) is 13.4. The molecule has 0 unspecified atom stereocenters. The summed E-state index contributed by atoms with van der Waals surface area (Å²) >= 11 is 0. The largest absolute Gasteiger partial charge is 0.461 e. The van der Waals surface area contributed by atoms with Crippen LogP contribution < -0.4 is 0 Å². The summed E-state index contributed by atoms with van der Waals surface area (Å²) in [6.45, 7) is 9.19. The van der Waals surface area contributed by atoms with Crippen LogP contribution in [0, 0.1) is 23.7 Å². The molecule has 7 atom stereocenters. The van der Waals surface area contributed by atoms with Crippen molar-refractivity contribution in [3.63, 3.8) is 0 Å². The molecule has 0 amide bonds. The number of methoxy groups -OCH3 is 1. The number of aliphatic hydroxyl groups is 1. The molecule has 9 nitrogen and oxygen atoms in total. The van der Waals surface area contributed by atoms with Gasteiger partial charge in [0.1, 0.15) is 18.3 Å². The van der Waals surface area contributed by atoms with Gasteiger partial charge in [-0.05, 0) is 56.3 Å². The maximum absolute atomic E-state index is 13.1. The van der Waals surface area contributed by atoms with E-state index in [1.807, 2.05) is 32.2 Å². The summed E-state index contributed by atoms with van der Waals surface area (Å²) in [5, 5.41) is 11.6. The molecule has 9 heteroatoms. The van der Waals surface area contributed by atoms with E-state index in [9.17, 15) is 14.7 Å². The molecule has 0 saturated heterocycles. The van der Waals surface area contributed by atoms with Gasteiger partial charge in [-0.3, -0.25) is 4.79 Å². The Kier molecular flexibility index (Phi) is 8.08. The Balaban J connectivity index is 1.77. The zero-order valence-corrected chi connectivity index (χ0v) is 23.8. The molecule has 2 bridgehead atoms. The van der Waals surface area contributed by atoms with Gasteiger partial charge in [-0.2, -0.15) is 0 Å². The van der Waals surface area contributed by atoms with E-state index < -0.39 is 35.0 Å². The average Bonchev–Trinajstić information content (AvgIpc) is 3.45. The molecule has 39 heavy (non-hydrogen) atoms. The molecule has 4 rings (SSSR count). The van der Waals surface area contributed by atoms with E-state index in [-0.39, 0.29) is 30.3 Å². The van der Waals surface area contributed by atoms with Gasteiger partial charge >= 0.3 is 11.9 Å². The number of hydrogen-bond acceptors (Lipinski definition) is 8. The number of nitrogens with zero attached hydrogens (tertiary/aromatic N) is 2. The Labute approximate surface area is 230 Å². The molecule has 212 valence electrons. The normalized spacial score (nSPS) is 35.8. The summed E-state index contributed by atoms with van der Waals surface area (Å²) in [5.41, 5.74) is -1.02. The third-order valence-electron chi connectivity index (χ3n) is 8.15. The smallest absolute Gasteiger partial charge is 0.331 e. The molecule has 1 aromatic rings. The molecule has 0 aromatic carbocycles. The second-order valence-electron chi connectivity index (χ2n) is 11.5. The van der Waals surface area contributed by atoms with Gasteiger partial charge in [0.05, 0.1) is 17.6 Å². The van der Waals surface area contributed by atoms with Gasteiger partial charge in [0.2, 0.25) is 5.79 Å². The van der Waals surface area contributed by atoms with Crippen molar-refractivity contribution in [2.24, 2.45) is 30.7 Å².